The molecular formula is C23H14ClN2O5-. The number of rotatable bonds is 5. The van der Waals surface area contributed by atoms with Crippen LogP contribution in [0.1, 0.15) is 47.0 Å². The lowest BCUT2D eigenvalue weighted by Crippen LogP contribution is -2.29. The zero-order valence-electron chi connectivity index (χ0n) is 15.9. The molecule has 1 heterocycles. The summed E-state index contributed by atoms with van der Waals surface area (Å²) in [6.07, 6.45) is 0. The second-order valence-corrected chi connectivity index (χ2v) is 7.31. The van der Waals surface area contributed by atoms with Crippen molar-refractivity contribution in [2.75, 3.05) is 5.32 Å². The number of aromatic carboxylic acids is 1. The predicted octanol–water partition coefficient (Wildman–Crippen LogP) is 2.75. The molecule has 4 rings (SSSR count). The van der Waals surface area contributed by atoms with Crippen molar-refractivity contribution in [3.8, 4) is 0 Å². The standard InChI is InChI=1S/C23H15ClN2O5/c24-15-9-10-18(23(30)31)19(11-15)25-20(27)14-7-5-13(6-8-14)12-26-21(28)16-3-1-2-4-17(16)22(26)29/h1-11H,12H2,(H,25,27)(H,30,31)/p-1. The van der Waals surface area contributed by atoms with Crippen molar-refractivity contribution in [3.63, 3.8) is 0 Å². The maximum atomic E-state index is 12.5. The molecule has 0 aliphatic carbocycles. The quantitative estimate of drug-likeness (QED) is 0.622. The molecule has 0 atom stereocenters. The van der Waals surface area contributed by atoms with E-state index in [1.54, 1.807) is 36.4 Å². The number of anilines is 1. The molecule has 0 aromatic heterocycles. The summed E-state index contributed by atoms with van der Waals surface area (Å²) < 4.78 is 0. The number of benzene rings is 3. The molecule has 0 bridgehead atoms. The fourth-order valence-electron chi connectivity index (χ4n) is 3.32. The van der Waals surface area contributed by atoms with Gasteiger partial charge in [-0.15, -0.1) is 0 Å². The number of imide groups is 1. The summed E-state index contributed by atoms with van der Waals surface area (Å²) in [4.78, 5) is 49.9. The number of carbonyl (C=O) groups excluding carboxylic acids is 4. The number of fused-ring (bicyclic) bond motifs is 1. The van der Waals surface area contributed by atoms with Crippen LogP contribution in [0.5, 0.6) is 0 Å². The zero-order chi connectivity index (χ0) is 22.1. The topological polar surface area (TPSA) is 107 Å². The summed E-state index contributed by atoms with van der Waals surface area (Å²) >= 11 is 5.89. The van der Waals surface area contributed by atoms with Crippen LogP contribution in [0.15, 0.2) is 66.7 Å². The van der Waals surface area contributed by atoms with Gasteiger partial charge in [-0.2, -0.15) is 0 Å². The monoisotopic (exact) mass is 433 g/mol. The summed E-state index contributed by atoms with van der Waals surface area (Å²) in [5.74, 6) is -2.71. The second kappa shape index (κ2) is 8.04. The first kappa shape index (κ1) is 20.3. The van der Waals surface area contributed by atoms with Crippen LogP contribution < -0.4 is 10.4 Å². The Morgan fingerprint density at radius 2 is 1.52 bits per heavy atom. The van der Waals surface area contributed by atoms with Gasteiger partial charge >= 0.3 is 0 Å². The molecule has 0 saturated heterocycles. The van der Waals surface area contributed by atoms with Crippen molar-refractivity contribution in [1.29, 1.82) is 0 Å². The van der Waals surface area contributed by atoms with Gasteiger partial charge in [0.2, 0.25) is 0 Å². The SMILES string of the molecule is O=C(Nc1cc(Cl)ccc1C(=O)[O-])c1ccc(CN2C(=O)c3ccccc3C2=O)cc1. The molecular weight excluding hydrogens is 420 g/mol. The van der Waals surface area contributed by atoms with Crippen LogP contribution in [0.3, 0.4) is 0 Å². The van der Waals surface area contributed by atoms with Gasteiger partial charge in [-0.25, -0.2) is 0 Å². The Morgan fingerprint density at radius 3 is 2.10 bits per heavy atom. The van der Waals surface area contributed by atoms with E-state index in [9.17, 15) is 24.3 Å². The average Bonchev–Trinajstić information content (AvgIpc) is 2.99. The van der Waals surface area contributed by atoms with Crippen LogP contribution in [0.25, 0.3) is 0 Å². The third kappa shape index (κ3) is 3.91. The minimum atomic E-state index is -1.44. The Balaban J connectivity index is 1.49. The molecule has 0 unspecified atom stereocenters. The third-order valence-corrected chi connectivity index (χ3v) is 5.12. The Kier molecular flexibility index (Phi) is 5.27. The number of carboxylic acid groups (broad SMARTS) is 1. The van der Waals surface area contributed by atoms with E-state index < -0.39 is 11.9 Å². The predicted molar refractivity (Wildman–Crippen MR) is 111 cm³/mol. The third-order valence-electron chi connectivity index (χ3n) is 4.88. The highest BCUT2D eigenvalue weighted by Gasteiger charge is 2.34. The highest BCUT2D eigenvalue weighted by molar-refractivity contribution is 6.31. The second-order valence-electron chi connectivity index (χ2n) is 6.87. The molecule has 0 radical (unpaired) electrons. The van der Waals surface area contributed by atoms with Crippen molar-refractivity contribution >= 4 is 41.0 Å². The first-order chi connectivity index (χ1) is 14.8. The van der Waals surface area contributed by atoms with Crippen molar-refractivity contribution in [1.82, 2.24) is 4.90 Å². The molecule has 31 heavy (non-hydrogen) atoms. The summed E-state index contributed by atoms with van der Waals surface area (Å²) in [6.45, 7) is 0.0668. The molecule has 1 aliphatic heterocycles. The molecule has 3 amide bonds. The fraction of sp³-hybridized carbons (Fsp3) is 0.0435. The highest BCUT2D eigenvalue weighted by atomic mass is 35.5. The maximum Gasteiger partial charge on any atom is 0.261 e. The van der Waals surface area contributed by atoms with Crippen LogP contribution in [-0.2, 0) is 6.54 Å². The van der Waals surface area contributed by atoms with E-state index in [1.807, 2.05) is 0 Å². The van der Waals surface area contributed by atoms with Crippen molar-refractivity contribution in [2.24, 2.45) is 0 Å². The summed E-state index contributed by atoms with van der Waals surface area (Å²) in [6, 6.07) is 16.9. The molecule has 8 heteroatoms. The smallest absolute Gasteiger partial charge is 0.261 e. The van der Waals surface area contributed by atoms with Crippen LogP contribution in [0, 0.1) is 0 Å². The molecule has 1 N–H and O–H groups in total. The van der Waals surface area contributed by atoms with E-state index in [-0.39, 0.29) is 40.2 Å². The van der Waals surface area contributed by atoms with E-state index in [1.165, 1.54) is 30.3 Å². The Morgan fingerprint density at radius 1 is 0.903 bits per heavy atom. The minimum Gasteiger partial charge on any atom is -0.545 e. The van der Waals surface area contributed by atoms with E-state index in [0.29, 0.717) is 16.7 Å². The van der Waals surface area contributed by atoms with E-state index in [0.717, 1.165) is 4.90 Å². The first-order valence-corrected chi connectivity index (χ1v) is 9.59. The first-order valence-electron chi connectivity index (χ1n) is 9.21. The molecule has 0 spiro atoms. The van der Waals surface area contributed by atoms with Gasteiger partial charge in [-0.05, 0) is 48.0 Å². The van der Waals surface area contributed by atoms with E-state index in [4.69, 9.17) is 11.6 Å². The number of halogens is 1. The normalized spacial score (nSPS) is 12.6. The zero-order valence-corrected chi connectivity index (χ0v) is 16.7. The fourth-order valence-corrected chi connectivity index (χ4v) is 3.49. The van der Waals surface area contributed by atoms with Crippen LogP contribution in [0.4, 0.5) is 5.69 Å². The Labute approximate surface area is 181 Å². The lowest BCUT2D eigenvalue weighted by Gasteiger charge is -2.15. The van der Waals surface area contributed by atoms with Gasteiger partial charge in [0.05, 0.1) is 29.3 Å². The lowest BCUT2D eigenvalue weighted by atomic mass is 10.1. The summed E-state index contributed by atoms with van der Waals surface area (Å²) in [5, 5.41) is 14.0. The lowest BCUT2D eigenvalue weighted by molar-refractivity contribution is -0.254. The number of nitrogens with zero attached hydrogens (tertiary/aromatic N) is 1. The van der Waals surface area contributed by atoms with E-state index in [2.05, 4.69) is 5.32 Å². The average molecular weight is 434 g/mol. The van der Waals surface area contributed by atoms with Gasteiger partial charge in [0.15, 0.2) is 0 Å². The van der Waals surface area contributed by atoms with Gasteiger partial charge in [-0.3, -0.25) is 19.3 Å². The molecule has 3 aromatic carbocycles. The van der Waals surface area contributed by atoms with E-state index >= 15 is 0 Å². The summed E-state index contributed by atoms with van der Waals surface area (Å²) in [5.41, 5.74) is 1.48. The van der Waals surface area contributed by atoms with Crippen LogP contribution >= 0.6 is 11.6 Å². The minimum absolute atomic E-state index is 0.0209. The number of carbonyl (C=O) groups is 4. The van der Waals surface area contributed by atoms with Crippen LogP contribution in [-0.4, -0.2) is 28.6 Å². The molecule has 1 aliphatic rings. The van der Waals surface area contributed by atoms with Gasteiger partial charge < -0.3 is 15.2 Å². The number of amides is 3. The molecule has 0 saturated carbocycles. The van der Waals surface area contributed by atoms with Crippen molar-refractivity contribution in [3.05, 3.63) is 99.6 Å². The van der Waals surface area contributed by atoms with Crippen molar-refractivity contribution in [2.45, 2.75) is 6.54 Å². The highest BCUT2D eigenvalue weighted by Crippen LogP contribution is 2.25. The number of hydrogen-bond donors (Lipinski definition) is 1. The number of carboxylic acids is 1. The summed E-state index contributed by atoms with van der Waals surface area (Å²) in [7, 11) is 0. The van der Waals surface area contributed by atoms with Gasteiger partial charge in [0, 0.05) is 16.1 Å². The molecule has 7 nitrogen and oxygen atoms in total. The van der Waals surface area contributed by atoms with Crippen molar-refractivity contribution < 1.29 is 24.3 Å². The molecule has 154 valence electrons. The van der Waals surface area contributed by atoms with Gasteiger partial charge in [0.1, 0.15) is 0 Å². The number of nitrogens with one attached hydrogen (secondary N) is 1. The Bertz CT molecular complexity index is 1200. The molecule has 3 aromatic rings. The largest absolute Gasteiger partial charge is 0.545 e. The number of hydrogen-bond acceptors (Lipinski definition) is 5. The van der Waals surface area contributed by atoms with Gasteiger partial charge in [-0.1, -0.05) is 35.9 Å². The molecule has 0 fully saturated rings. The Hall–Kier alpha value is -3.97. The van der Waals surface area contributed by atoms with Gasteiger partial charge in [0.25, 0.3) is 17.7 Å². The maximum absolute atomic E-state index is 12.5. The van der Waals surface area contributed by atoms with Crippen LogP contribution in [0.2, 0.25) is 5.02 Å².